The molecule has 0 bridgehead atoms. The van der Waals surface area contributed by atoms with Crippen LogP contribution in [0.3, 0.4) is 0 Å². The molecule has 0 spiro atoms. The van der Waals surface area contributed by atoms with Crippen molar-refractivity contribution >= 4 is 21.4 Å². The topological polar surface area (TPSA) is 58.2 Å². The van der Waals surface area contributed by atoms with Crippen molar-refractivity contribution in [3.8, 4) is 0 Å². The van der Waals surface area contributed by atoms with Gasteiger partial charge in [0, 0.05) is 18.6 Å². The second-order valence-electron chi connectivity index (χ2n) is 6.51. The SMILES string of the molecule is CC1CCC(NS(=O)(=O)c2cc(CNC3CC3)cs2)CC1. The van der Waals surface area contributed by atoms with E-state index in [9.17, 15) is 8.42 Å². The van der Waals surface area contributed by atoms with E-state index < -0.39 is 10.0 Å². The number of nitrogens with one attached hydrogen (secondary N) is 2. The molecular formula is C15H24N2O2S2. The molecule has 21 heavy (non-hydrogen) atoms. The summed E-state index contributed by atoms with van der Waals surface area (Å²) in [5.41, 5.74) is 1.07. The van der Waals surface area contributed by atoms with Crippen LogP contribution in [-0.2, 0) is 16.6 Å². The summed E-state index contributed by atoms with van der Waals surface area (Å²) in [5, 5.41) is 5.37. The second-order valence-corrected chi connectivity index (χ2v) is 9.36. The summed E-state index contributed by atoms with van der Waals surface area (Å²) in [6.07, 6.45) is 6.65. The molecule has 2 saturated carbocycles. The van der Waals surface area contributed by atoms with Gasteiger partial charge in [-0.05, 0) is 61.5 Å². The first-order chi connectivity index (χ1) is 10.0. The third-order valence-corrected chi connectivity index (χ3v) is 7.41. The van der Waals surface area contributed by atoms with Crippen LogP contribution in [0.5, 0.6) is 0 Å². The van der Waals surface area contributed by atoms with Crippen LogP contribution in [0.25, 0.3) is 0 Å². The summed E-state index contributed by atoms with van der Waals surface area (Å²) < 4.78 is 28.2. The molecule has 1 heterocycles. The molecule has 0 amide bonds. The van der Waals surface area contributed by atoms with E-state index in [4.69, 9.17) is 0 Å². The second kappa shape index (κ2) is 6.36. The van der Waals surface area contributed by atoms with E-state index in [1.54, 1.807) is 0 Å². The molecule has 0 saturated heterocycles. The highest BCUT2D eigenvalue weighted by Crippen LogP contribution is 2.27. The minimum absolute atomic E-state index is 0.112. The zero-order valence-electron chi connectivity index (χ0n) is 12.5. The smallest absolute Gasteiger partial charge is 0.250 e. The fraction of sp³-hybridized carbons (Fsp3) is 0.733. The van der Waals surface area contributed by atoms with Crippen molar-refractivity contribution in [2.24, 2.45) is 5.92 Å². The Balaban J connectivity index is 1.58. The zero-order chi connectivity index (χ0) is 14.9. The summed E-state index contributed by atoms with van der Waals surface area (Å²) in [6.45, 7) is 3.01. The van der Waals surface area contributed by atoms with Gasteiger partial charge < -0.3 is 5.32 Å². The molecule has 0 radical (unpaired) electrons. The largest absolute Gasteiger partial charge is 0.310 e. The van der Waals surface area contributed by atoms with Crippen LogP contribution in [0, 0.1) is 5.92 Å². The Kier molecular flexibility index (Phi) is 4.69. The van der Waals surface area contributed by atoms with E-state index in [0.717, 1.165) is 43.7 Å². The van der Waals surface area contributed by atoms with Gasteiger partial charge in [0.15, 0.2) is 0 Å². The van der Waals surface area contributed by atoms with Crippen LogP contribution in [-0.4, -0.2) is 20.5 Å². The summed E-state index contributed by atoms with van der Waals surface area (Å²) in [6, 6.07) is 2.57. The molecule has 0 atom stereocenters. The van der Waals surface area contributed by atoms with Crippen LogP contribution < -0.4 is 10.0 Å². The standard InChI is InChI=1S/C15H24N2O2S2/c1-11-2-4-14(5-3-11)17-21(18,19)15-8-12(10-20-15)9-16-13-6-7-13/h8,10-11,13-14,16-17H,2-7,9H2,1H3. The molecular weight excluding hydrogens is 304 g/mol. The molecule has 0 aliphatic heterocycles. The summed E-state index contributed by atoms with van der Waals surface area (Å²) in [4.78, 5) is 0. The van der Waals surface area contributed by atoms with Gasteiger partial charge in [-0.3, -0.25) is 0 Å². The molecule has 2 aliphatic carbocycles. The van der Waals surface area contributed by atoms with Gasteiger partial charge in [-0.2, -0.15) is 0 Å². The lowest BCUT2D eigenvalue weighted by Gasteiger charge is -2.26. The van der Waals surface area contributed by atoms with Crippen molar-refractivity contribution < 1.29 is 8.42 Å². The number of hydrogen-bond acceptors (Lipinski definition) is 4. The van der Waals surface area contributed by atoms with E-state index in [2.05, 4.69) is 17.0 Å². The molecule has 0 aromatic carbocycles. The molecule has 4 nitrogen and oxygen atoms in total. The normalized spacial score (nSPS) is 26.9. The molecule has 1 aromatic rings. The minimum Gasteiger partial charge on any atom is -0.310 e. The number of hydrogen-bond donors (Lipinski definition) is 2. The Morgan fingerprint density at radius 1 is 1.14 bits per heavy atom. The average Bonchev–Trinajstić information content (AvgIpc) is 3.15. The quantitative estimate of drug-likeness (QED) is 0.844. The van der Waals surface area contributed by atoms with Crippen LogP contribution >= 0.6 is 11.3 Å². The van der Waals surface area contributed by atoms with Gasteiger partial charge in [0.05, 0.1) is 0 Å². The van der Waals surface area contributed by atoms with Gasteiger partial charge in [-0.25, -0.2) is 13.1 Å². The lowest BCUT2D eigenvalue weighted by atomic mass is 9.88. The number of thiophene rings is 1. The fourth-order valence-corrected chi connectivity index (χ4v) is 5.32. The summed E-state index contributed by atoms with van der Waals surface area (Å²) >= 11 is 1.33. The van der Waals surface area contributed by atoms with Crippen LogP contribution in [0.15, 0.2) is 15.7 Å². The lowest BCUT2D eigenvalue weighted by molar-refractivity contribution is 0.332. The molecule has 2 aliphatic rings. The van der Waals surface area contributed by atoms with Gasteiger partial charge in [0.1, 0.15) is 4.21 Å². The van der Waals surface area contributed by atoms with Crippen LogP contribution in [0.1, 0.15) is 51.0 Å². The monoisotopic (exact) mass is 328 g/mol. The van der Waals surface area contributed by atoms with E-state index in [1.165, 1.54) is 24.2 Å². The average molecular weight is 329 g/mol. The highest BCUT2D eigenvalue weighted by Gasteiger charge is 2.25. The first kappa shape index (κ1) is 15.5. The van der Waals surface area contributed by atoms with Crippen LogP contribution in [0.4, 0.5) is 0 Å². The number of sulfonamides is 1. The Morgan fingerprint density at radius 3 is 2.48 bits per heavy atom. The summed E-state index contributed by atoms with van der Waals surface area (Å²) in [5.74, 6) is 0.729. The van der Waals surface area contributed by atoms with Gasteiger partial charge >= 0.3 is 0 Å². The highest BCUT2D eigenvalue weighted by molar-refractivity contribution is 7.91. The minimum atomic E-state index is -3.34. The van der Waals surface area contributed by atoms with Gasteiger partial charge in [0.2, 0.25) is 10.0 Å². The summed E-state index contributed by atoms with van der Waals surface area (Å²) in [7, 11) is -3.34. The van der Waals surface area contributed by atoms with Gasteiger partial charge in [-0.1, -0.05) is 6.92 Å². The molecule has 1 aromatic heterocycles. The van der Waals surface area contributed by atoms with Crippen molar-refractivity contribution in [2.75, 3.05) is 0 Å². The first-order valence-corrected chi connectivity index (χ1v) is 10.2. The number of rotatable bonds is 6. The van der Waals surface area contributed by atoms with Crippen molar-refractivity contribution in [1.82, 2.24) is 10.0 Å². The molecule has 3 rings (SSSR count). The van der Waals surface area contributed by atoms with E-state index in [-0.39, 0.29) is 6.04 Å². The Bertz CT molecular complexity index is 570. The Morgan fingerprint density at radius 2 is 1.81 bits per heavy atom. The highest BCUT2D eigenvalue weighted by atomic mass is 32.2. The van der Waals surface area contributed by atoms with E-state index >= 15 is 0 Å². The molecule has 6 heteroatoms. The van der Waals surface area contributed by atoms with Crippen molar-refractivity contribution in [3.05, 3.63) is 17.0 Å². The Hall–Kier alpha value is -0.430. The maximum absolute atomic E-state index is 12.4. The van der Waals surface area contributed by atoms with Gasteiger partial charge in [-0.15, -0.1) is 11.3 Å². The third kappa shape index (κ3) is 4.28. The van der Waals surface area contributed by atoms with Crippen LogP contribution in [0.2, 0.25) is 0 Å². The lowest BCUT2D eigenvalue weighted by Crippen LogP contribution is -2.37. The predicted octanol–water partition coefficient (Wildman–Crippen LogP) is 2.86. The maximum Gasteiger partial charge on any atom is 0.250 e. The van der Waals surface area contributed by atoms with E-state index in [0.29, 0.717) is 10.3 Å². The molecule has 118 valence electrons. The van der Waals surface area contributed by atoms with Crippen molar-refractivity contribution in [3.63, 3.8) is 0 Å². The predicted molar refractivity (Wildman–Crippen MR) is 85.9 cm³/mol. The molecule has 2 N–H and O–H groups in total. The Labute approximate surface area is 131 Å². The van der Waals surface area contributed by atoms with E-state index in [1.807, 2.05) is 11.4 Å². The molecule has 2 fully saturated rings. The van der Waals surface area contributed by atoms with Gasteiger partial charge in [0.25, 0.3) is 0 Å². The third-order valence-electron chi connectivity index (χ3n) is 4.40. The maximum atomic E-state index is 12.4. The zero-order valence-corrected chi connectivity index (χ0v) is 14.1. The van der Waals surface area contributed by atoms with Crippen molar-refractivity contribution in [2.45, 2.75) is 68.3 Å². The molecule has 0 unspecified atom stereocenters. The first-order valence-electron chi connectivity index (χ1n) is 7.86. The fourth-order valence-electron chi connectivity index (χ4n) is 2.79. The van der Waals surface area contributed by atoms with Crippen molar-refractivity contribution in [1.29, 1.82) is 0 Å².